The lowest BCUT2D eigenvalue weighted by Gasteiger charge is -2.17. The van der Waals surface area contributed by atoms with Crippen molar-refractivity contribution in [3.8, 4) is 0 Å². The smallest absolute Gasteiger partial charge is 0.238 e. The first kappa shape index (κ1) is 16.2. The fraction of sp³-hybridized carbons (Fsp3) is 0.190. The molecular formula is C21H22N2O. The Hall–Kier alpha value is -2.65. The van der Waals surface area contributed by atoms with E-state index in [0.717, 1.165) is 22.9 Å². The Morgan fingerprint density at radius 2 is 1.62 bits per heavy atom. The van der Waals surface area contributed by atoms with Gasteiger partial charge in [0, 0.05) is 17.1 Å². The van der Waals surface area contributed by atoms with Crippen LogP contribution in [0.25, 0.3) is 10.8 Å². The molecule has 0 bridgehead atoms. The zero-order valence-corrected chi connectivity index (χ0v) is 13.8. The van der Waals surface area contributed by atoms with Crippen molar-refractivity contribution >= 4 is 22.4 Å². The molecule has 1 atom stereocenters. The molecule has 0 aliphatic carbocycles. The highest BCUT2D eigenvalue weighted by molar-refractivity contribution is 6.02. The zero-order chi connectivity index (χ0) is 16.8. The van der Waals surface area contributed by atoms with Crippen LogP contribution in [0.1, 0.15) is 24.9 Å². The Kier molecular flexibility index (Phi) is 5.24. The number of hydrogen-bond donors (Lipinski definition) is 2. The Bertz CT molecular complexity index is 809. The molecule has 0 saturated carbocycles. The zero-order valence-electron chi connectivity index (χ0n) is 13.8. The molecule has 1 unspecified atom stereocenters. The van der Waals surface area contributed by atoms with E-state index in [2.05, 4.69) is 29.7 Å². The quantitative estimate of drug-likeness (QED) is 0.701. The molecule has 0 radical (unpaired) electrons. The Balaban J connectivity index is 1.65. The Morgan fingerprint density at radius 3 is 2.42 bits per heavy atom. The lowest BCUT2D eigenvalue weighted by Crippen LogP contribution is -2.31. The minimum Gasteiger partial charge on any atom is -0.324 e. The molecule has 0 fully saturated rings. The summed E-state index contributed by atoms with van der Waals surface area (Å²) in [7, 11) is 0. The minimum atomic E-state index is -0.0271. The van der Waals surface area contributed by atoms with Crippen molar-refractivity contribution in [3.63, 3.8) is 0 Å². The first-order valence-corrected chi connectivity index (χ1v) is 8.34. The third kappa shape index (κ3) is 3.81. The molecule has 0 aliphatic rings. The van der Waals surface area contributed by atoms with Gasteiger partial charge in [-0.05, 0) is 23.4 Å². The Labute approximate surface area is 142 Å². The van der Waals surface area contributed by atoms with Gasteiger partial charge in [0.15, 0.2) is 0 Å². The molecule has 3 aromatic rings. The molecule has 2 N–H and O–H groups in total. The summed E-state index contributed by atoms with van der Waals surface area (Å²) in [6.07, 6.45) is 0.936. The fourth-order valence-electron chi connectivity index (χ4n) is 2.93. The van der Waals surface area contributed by atoms with Crippen LogP contribution in [0, 0.1) is 0 Å². The van der Waals surface area contributed by atoms with Gasteiger partial charge in [0.05, 0.1) is 6.54 Å². The molecule has 0 heterocycles. The third-order valence-electron chi connectivity index (χ3n) is 4.18. The topological polar surface area (TPSA) is 41.1 Å². The van der Waals surface area contributed by atoms with Gasteiger partial charge >= 0.3 is 0 Å². The maximum absolute atomic E-state index is 12.3. The second kappa shape index (κ2) is 7.75. The average molecular weight is 318 g/mol. The van der Waals surface area contributed by atoms with Crippen molar-refractivity contribution in [2.45, 2.75) is 19.4 Å². The summed E-state index contributed by atoms with van der Waals surface area (Å²) in [5.41, 5.74) is 2.06. The molecule has 0 spiro atoms. The van der Waals surface area contributed by atoms with E-state index < -0.39 is 0 Å². The molecule has 1 amide bonds. The second-order valence-corrected chi connectivity index (χ2v) is 5.83. The first-order chi connectivity index (χ1) is 11.8. The van der Waals surface area contributed by atoms with E-state index >= 15 is 0 Å². The van der Waals surface area contributed by atoms with Crippen LogP contribution in [0.3, 0.4) is 0 Å². The summed E-state index contributed by atoms with van der Waals surface area (Å²) in [5, 5.41) is 8.54. The summed E-state index contributed by atoms with van der Waals surface area (Å²) in [5.74, 6) is -0.0271. The third-order valence-corrected chi connectivity index (χ3v) is 4.18. The van der Waals surface area contributed by atoms with Crippen LogP contribution in [0.4, 0.5) is 5.69 Å². The van der Waals surface area contributed by atoms with Gasteiger partial charge in [0.25, 0.3) is 0 Å². The fourth-order valence-corrected chi connectivity index (χ4v) is 2.93. The first-order valence-electron chi connectivity index (χ1n) is 8.34. The molecule has 0 aromatic heterocycles. The van der Waals surface area contributed by atoms with E-state index in [1.807, 2.05) is 60.7 Å². The lowest BCUT2D eigenvalue weighted by atomic mass is 10.0. The van der Waals surface area contributed by atoms with Gasteiger partial charge in [-0.15, -0.1) is 0 Å². The van der Waals surface area contributed by atoms with E-state index in [9.17, 15) is 4.79 Å². The summed E-state index contributed by atoms with van der Waals surface area (Å²) in [6, 6.07) is 24.4. The predicted molar refractivity (Wildman–Crippen MR) is 100 cm³/mol. The van der Waals surface area contributed by atoms with Crippen LogP contribution >= 0.6 is 0 Å². The molecule has 3 rings (SSSR count). The maximum Gasteiger partial charge on any atom is 0.238 e. The van der Waals surface area contributed by atoms with Gasteiger partial charge in [-0.2, -0.15) is 0 Å². The summed E-state index contributed by atoms with van der Waals surface area (Å²) in [6.45, 7) is 2.41. The molecule has 3 aromatic carbocycles. The molecule has 3 heteroatoms. The number of hydrogen-bond acceptors (Lipinski definition) is 2. The van der Waals surface area contributed by atoms with Crippen LogP contribution < -0.4 is 10.6 Å². The maximum atomic E-state index is 12.3. The van der Waals surface area contributed by atoms with Gasteiger partial charge in [-0.25, -0.2) is 0 Å². The standard InChI is InChI=1S/C21H22N2O/c1-2-19(17-10-4-3-5-11-17)22-15-21(24)23-20-14-8-12-16-9-6-7-13-18(16)20/h3-14,19,22H,2,15H2,1H3,(H,23,24). The van der Waals surface area contributed by atoms with Gasteiger partial charge in [0.1, 0.15) is 0 Å². The number of carbonyl (C=O) groups is 1. The second-order valence-electron chi connectivity index (χ2n) is 5.83. The van der Waals surface area contributed by atoms with E-state index in [4.69, 9.17) is 0 Å². The van der Waals surface area contributed by atoms with Crippen LogP contribution in [0.15, 0.2) is 72.8 Å². The van der Waals surface area contributed by atoms with E-state index in [1.165, 1.54) is 5.56 Å². The average Bonchev–Trinajstić information content (AvgIpc) is 2.63. The largest absolute Gasteiger partial charge is 0.324 e. The van der Waals surface area contributed by atoms with Crippen LogP contribution in [0.5, 0.6) is 0 Å². The number of rotatable bonds is 6. The Morgan fingerprint density at radius 1 is 0.917 bits per heavy atom. The number of carbonyl (C=O) groups excluding carboxylic acids is 1. The normalized spacial score (nSPS) is 12.0. The van der Waals surface area contributed by atoms with Gasteiger partial charge in [-0.3, -0.25) is 4.79 Å². The van der Waals surface area contributed by atoms with E-state index in [0.29, 0.717) is 0 Å². The number of nitrogens with one attached hydrogen (secondary N) is 2. The molecule has 3 nitrogen and oxygen atoms in total. The van der Waals surface area contributed by atoms with Crippen molar-refractivity contribution < 1.29 is 4.79 Å². The number of amides is 1. The molecule has 0 saturated heterocycles. The number of fused-ring (bicyclic) bond motifs is 1. The molecule has 24 heavy (non-hydrogen) atoms. The van der Waals surface area contributed by atoms with Gasteiger partial charge in [-0.1, -0.05) is 73.7 Å². The van der Waals surface area contributed by atoms with Gasteiger partial charge in [0.2, 0.25) is 5.91 Å². The highest BCUT2D eigenvalue weighted by atomic mass is 16.1. The van der Waals surface area contributed by atoms with Crippen LogP contribution in [-0.2, 0) is 4.79 Å². The lowest BCUT2D eigenvalue weighted by molar-refractivity contribution is -0.115. The monoisotopic (exact) mass is 318 g/mol. The van der Waals surface area contributed by atoms with Crippen LogP contribution in [-0.4, -0.2) is 12.5 Å². The molecule has 122 valence electrons. The summed E-state index contributed by atoms with van der Waals surface area (Å²) >= 11 is 0. The van der Waals surface area contributed by atoms with Crippen molar-refractivity contribution in [2.75, 3.05) is 11.9 Å². The van der Waals surface area contributed by atoms with E-state index in [-0.39, 0.29) is 18.5 Å². The van der Waals surface area contributed by atoms with Crippen molar-refractivity contribution in [3.05, 3.63) is 78.4 Å². The summed E-state index contributed by atoms with van der Waals surface area (Å²) in [4.78, 5) is 12.3. The van der Waals surface area contributed by atoms with Crippen LogP contribution in [0.2, 0.25) is 0 Å². The number of benzene rings is 3. The predicted octanol–water partition coefficient (Wildman–Crippen LogP) is 4.52. The highest BCUT2D eigenvalue weighted by Crippen LogP contribution is 2.23. The minimum absolute atomic E-state index is 0.0271. The van der Waals surface area contributed by atoms with E-state index in [1.54, 1.807) is 0 Å². The summed E-state index contributed by atoms with van der Waals surface area (Å²) < 4.78 is 0. The number of anilines is 1. The molecular weight excluding hydrogens is 296 g/mol. The van der Waals surface area contributed by atoms with Gasteiger partial charge < -0.3 is 10.6 Å². The highest BCUT2D eigenvalue weighted by Gasteiger charge is 2.11. The van der Waals surface area contributed by atoms with Crippen molar-refractivity contribution in [2.24, 2.45) is 0 Å². The van der Waals surface area contributed by atoms with Crippen molar-refractivity contribution in [1.82, 2.24) is 5.32 Å². The molecule has 0 aliphatic heterocycles. The van der Waals surface area contributed by atoms with Crippen molar-refractivity contribution in [1.29, 1.82) is 0 Å². The SMILES string of the molecule is CCC(NCC(=O)Nc1cccc2ccccc12)c1ccccc1.